The predicted molar refractivity (Wildman–Crippen MR) is 167 cm³/mol. The lowest BCUT2D eigenvalue weighted by molar-refractivity contribution is 0.0466. The first-order valence-electron chi connectivity index (χ1n) is 15.1. The zero-order valence-corrected chi connectivity index (χ0v) is 25.9. The second kappa shape index (κ2) is 10.9. The number of alkyl halides is 1. The molecule has 1 atom stereocenters. The summed E-state index contributed by atoms with van der Waals surface area (Å²) in [6.07, 6.45) is 2.43. The van der Waals surface area contributed by atoms with E-state index in [1.54, 1.807) is 25.7 Å². The first-order chi connectivity index (χ1) is 20.4. The van der Waals surface area contributed by atoms with Crippen LogP contribution in [0.3, 0.4) is 0 Å². The molecule has 1 aliphatic carbocycles. The van der Waals surface area contributed by atoms with Crippen LogP contribution in [0, 0.1) is 5.92 Å². The maximum atomic E-state index is 13.9. The molecule has 4 aromatic rings. The van der Waals surface area contributed by atoms with Gasteiger partial charge in [0.2, 0.25) is 0 Å². The number of hydrogen-bond acceptors (Lipinski definition) is 5. The summed E-state index contributed by atoms with van der Waals surface area (Å²) in [5.41, 5.74) is 6.01. The van der Waals surface area contributed by atoms with E-state index in [0.717, 1.165) is 34.7 Å². The van der Waals surface area contributed by atoms with Crippen molar-refractivity contribution in [2.75, 3.05) is 38.8 Å². The fourth-order valence-electron chi connectivity index (χ4n) is 6.09. The SMILES string of the molecule is CN(C)c1cccc2cc(-c3nc4cc5c(cc4n3C)CCN(C[C@@H](CF)NC(=O)OC(C)(C)C)C5=O)n(CC3CC3)c12. The van der Waals surface area contributed by atoms with E-state index in [4.69, 9.17) is 9.72 Å². The van der Waals surface area contributed by atoms with Gasteiger partial charge in [0.25, 0.3) is 5.91 Å². The number of aromatic nitrogens is 3. The number of amides is 2. The monoisotopic (exact) mass is 588 g/mol. The third-order valence-corrected chi connectivity index (χ3v) is 8.37. The van der Waals surface area contributed by atoms with Gasteiger partial charge in [0.15, 0.2) is 5.82 Å². The molecule has 6 rings (SSSR count). The lowest BCUT2D eigenvalue weighted by Gasteiger charge is -2.31. The number of rotatable bonds is 8. The molecule has 1 aliphatic heterocycles. The molecule has 2 amide bonds. The van der Waals surface area contributed by atoms with Crippen molar-refractivity contribution in [3.63, 3.8) is 0 Å². The predicted octanol–water partition coefficient (Wildman–Crippen LogP) is 5.53. The third-order valence-electron chi connectivity index (χ3n) is 8.37. The van der Waals surface area contributed by atoms with Gasteiger partial charge in [-0.2, -0.15) is 0 Å². The van der Waals surface area contributed by atoms with Crippen LogP contribution in [0.1, 0.15) is 49.5 Å². The fraction of sp³-hybridized carbons (Fsp3) is 0.485. The molecule has 3 heterocycles. The molecule has 0 spiro atoms. The molecule has 10 heteroatoms. The topological polar surface area (TPSA) is 84.6 Å². The van der Waals surface area contributed by atoms with Crippen LogP contribution in [0.4, 0.5) is 14.9 Å². The van der Waals surface area contributed by atoms with Crippen molar-refractivity contribution in [2.24, 2.45) is 13.0 Å². The van der Waals surface area contributed by atoms with Crippen LogP contribution in [0.5, 0.6) is 0 Å². The molecule has 0 saturated heterocycles. The largest absolute Gasteiger partial charge is 0.444 e. The van der Waals surface area contributed by atoms with Gasteiger partial charge in [-0.25, -0.2) is 14.2 Å². The van der Waals surface area contributed by atoms with Gasteiger partial charge in [-0.15, -0.1) is 0 Å². The summed E-state index contributed by atoms with van der Waals surface area (Å²) >= 11 is 0. The van der Waals surface area contributed by atoms with Crippen molar-refractivity contribution in [3.05, 3.63) is 47.5 Å². The van der Waals surface area contributed by atoms with Crippen LogP contribution < -0.4 is 10.2 Å². The summed E-state index contributed by atoms with van der Waals surface area (Å²) in [4.78, 5) is 34.7. The highest BCUT2D eigenvalue weighted by atomic mass is 19.1. The molecule has 1 fully saturated rings. The molecule has 9 nitrogen and oxygen atoms in total. The lowest BCUT2D eigenvalue weighted by Crippen LogP contribution is -2.50. The van der Waals surface area contributed by atoms with Gasteiger partial charge in [-0.3, -0.25) is 4.79 Å². The van der Waals surface area contributed by atoms with Crippen molar-refractivity contribution in [3.8, 4) is 11.5 Å². The average Bonchev–Trinajstić information content (AvgIpc) is 3.61. The second-order valence-electron chi connectivity index (χ2n) is 13.2. The van der Waals surface area contributed by atoms with Crippen LogP contribution in [0.25, 0.3) is 33.5 Å². The summed E-state index contributed by atoms with van der Waals surface area (Å²) in [5.74, 6) is 1.36. The Labute approximate surface area is 251 Å². The van der Waals surface area contributed by atoms with Gasteiger partial charge in [-0.05, 0) is 75.8 Å². The van der Waals surface area contributed by atoms with Crippen LogP contribution in [-0.2, 0) is 24.8 Å². The summed E-state index contributed by atoms with van der Waals surface area (Å²) < 4.78 is 23.7. The van der Waals surface area contributed by atoms with Gasteiger partial charge in [-0.1, -0.05) is 12.1 Å². The van der Waals surface area contributed by atoms with Crippen molar-refractivity contribution in [2.45, 2.75) is 58.2 Å². The number of benzene rings is 2. The zero-order chi connectivity index (χ0) is 30.6. The van der Waals surface area contributed by atoms with Crippen LogP contribution >= 0.6 is 0 Å². The highest BCUT2D eigenvalue weighted by molar-refractivity contribution is 6.01. The van der Waals surface area contributed by atoms with Crippen LogP contribution in [0.15, 0.2) is 36.4 Å². The van der Waals surface area contributed by atoms with Crippen molar-refractivity contribution in [1.29, 1.82) is 0 Å². The second-order valence-corrected chi connectivity index (χ2v) is 13.2. The van der Waals surface area contributed by atoms with E-state index in [0.29, 0.717) is 24.4 Å². The number of alkyl carbamates (subject to hydrolysis) is 1. The summed E-state index contributed by atoms with van der Waals surface area (Å²) in [7, 11) is 6.19. The third kappa shape index (κ3) is 5.67. The van der Waals surface area contributed by atoms with Gasteiger partial charge < -0.3 is 29.0 Å². The maximum absolute atomic E-state index is 13.9. The fourth-order valence-corrected chi connectivity index (χ4v) is 6.09. The Morgan fingerprint density at radius 2 is 1.98 bits per heavy atom. The first-order valence-corrected chi connectivity index (χ1v) is 15.1. The van der Waals surface area contributed by atoms with E-state index in [-0.39, 0.29) is 12.5 Å². The molecular formula is C33H41FN6O3. The Kier molecular flexibility index (Phi) is 7.34. The Balaban J connectivity index is 1.33. The van der Waals surface area contributed by atoms with E-state index in [9.17, 15) is 14.0 Å². The van der Waals surface area contributed by atoms with Crippen molar-refractivity contribution >= 4 is 39.6 Å². The summed E-state index contributed by atoms with van der Waals surface area (Å²) in [6, 6.07) is 11.7. The number of ether oxygens (including phenoxy) is 1. The van der Waals surface area contributed by atoms with E-state index < -0.39 is 24.4 Å². The molecule has 2 aliphatic rings. The highest BCUT2D eigenvalue weighted by Crippen LogP contribution is 2.39. The Morgan fingerprint density at radius 3 is 2.65 bits per heavy atom. The van der Waals surface area contributed by atoms with E-state index in [1.807, 2.05) is 13.1 Å². The number of para-hydroxylation sites is 1. The number of nitrogens with one attached hydrogen (secondary N) is 1. The van der Waals surface area contributed by atoms with Gasteiger partial charge in [0, 0.05) is 51.7 Å². The van der Waals surface area contributed by atoms with Crippen molar-refractivity contribution < 1.29 is 18.7 Å². The van der Waals surface area contributed by atoms with E-state index >= 15 is 0 Å². The average molecular weight is 589 g/mol. The lowest BCUT2D eigenvalue weighted by atomic mass is 9.97. The van der Waals surface area contributed by atoms with E-state index in [1.165, 1.54) is 29.4 Å². The zero-order valence-electron chi connectivity index (χ0n) is 25.9. The molecule has 0 unspecified atom stereocenters. The molecule has 2 aromatic carbocycles. The van der Waals surface area contributed by atoms with Crippen LogP contribution in [-0.4, -0.2) is 76.5 Å². The van der Waals surface area contributed by atoms with Gasteiger partial charge in [0.1, 0.15) is 12.3 Å². The minimum atomic E-state index is -0.856. The molecule has 1 saturated carbocycles. The molecule has 0 bridgehead atoms. The number of nitrogens with zero attached hydrogens (tertiary/aromatic N) is 5. The number of carbonyl (C=O) groups excluding carboxylic acids is 2. The number of aryl methyl sites for hydroxylation is 1. The standard InChI is InChI=1S/C33H41FN6O3/c1-33(2,3)43-32(42)35-23(17-34)19-39-13-12-21-14-27-25(16-24(21)31(39)41)36-30(38(27)6)28-15-22-8-7-9-26(37(4)5)29(22)40(28)18-20-10-11-20/h7-9,14-16,20,23H,10-13,17-19H2,1-6H3,(H,35,42)/t23-/m1/s1. The number of halogens is 1. The normalized spacial score (nSPS) is 16.1. The van der Waals surface area contributed by atoms with Gasteiger partial charge >= 0.3 is 6.09 Å². The Hall–Kier alpha value is -4.08. The number of imidazole rings is 1. The summed E-state index contributed by atoms with van der Waals surface area (Å²) in [5, 5.41) is 3.75. The molecule has 43 heavy (non-hydrogen) atoms. The Morgan fingerprint density at radius 1 is 1.21 bits per heavy atom. The van der Waals surface area contributed by atoms with Gasteiger partial charge in [0.05, 0.1) is 34.0 Å². The van der Waals surface area contributed by atoms with E-state index in [2.05, 4.69) is 63.8 Å². The maximum Gasteiger partial charge on any atom is 0.408 e. The number of carbonyl (C=O) groups is 2. The minimum absolute atomic E-state index is 0.0645. The molecule has 228 valence electrons. The molecule has 1 N–H and O–H groups in total. The first kappa shape index (κ1) is 29.0. The number of anilines is 1. The summed E-state index contributed by atoms with van der Waals surface area (Å²) in [6.45, 7) is 5.90. The minimum Gasteiger partial charge on any atom is -0.444 e. The molecule has 2 aromatic heterocycles. The molecule has 0 radical (unpaired) electrons. The number of fused-ring (bicyclic) bond motifs is 3. The number of hydrogen-bond donors (Lipinski definition) is 1. The quantitative estimate of drug-likeness (QED) is 0.293. The van der Waals surface area contributed by atoms with Crippen molar-refractivity contribution in [1.82, 2.24) is 24.3 Å². The molecular weight excluding hydrogens is 547 g/mol. The Bertz CT molecular complexity index is 1710. The smallest absolute Gasteiger partial charge is 0.408 e. The highest BCUT2D eigenvalue weighted by Gasteiger charge is 2.30. The van der Waals surface area contributed by atoms with Crippen LogP contribution in [0.2, 0.25) is 0 Å².